The first-order chi connectivity index (χ1) is 9.47. The van der Waals surface area contributed by atoms with Gasteiger partial charge in [0.2, 0.25) is 0 Å². The van der Waals surface area contributed by atoms with Crippen LogP contribution in [0.2, 0.25) is 10.2 Å². The number of pyridine rings is 1. The van der Waals surface area contributed by atoms with Gasteiger partial charge in [-0.05, 0) is 45.0 Å². The fraction of sp³-hybridized carbons (Fsp3) is 0.571. The van der Waals surface area contributed by atoms with Gasteiger partial charge in [0.25, 0.3) is 5.91 Å². The highest BCUT2D eigenvalue weighted by Crippen LogP contribution is 2.21. The van der Waals surface area contributed by atoms with Gasteiger partial charge >= 0.3 is 0 Å². The Labute approximate surface area is 129 Å². The van der Waals surface area contributed by atoms with E-state index in [4.69, 9.17) is 23.2 Å². The second-order valence-electron chi connectivity index (χ2n) is 5.43. The molecule has 2 rings (SSSR count). The van der Waals surface area contributed by atoms with E-state index in [9.17, 15) is 4.79 Å². The van der Waals surface area contributed by atoms with Gasteiger partial charge in [-0.3, -0.25) is 4.79 Å². The monoisotopic (exact) mass is 315 g/mol. The number of carbonyl (C=O) groups excluding carboxylic acids is 1. The maximum atomic E-state index is 12.3. The minimum absolute atomic E-state index is 0.0602. The van der Waals surface area contributed by atoms with Crippen molar-refractivity contribution < 1.29 is 4.79 Å². The van der Waals surface area contributed by atoms with Gasteiger partial charge in [0.15, 0.2) is 0 Å². The van der Waals surface area contributed by atoms with E-state index in [1.165, 1.54) is 6.20 Å². The Morgan fingerprint density at radius 2 is 2.10 bits per heavy atom. The lowest BCUT2D eigenvalue weighted by molar-refractivity contribution is 0.0747. The Bertz CT molecular complexity index is 487. The molecule has 0 radical (unpaired) electrons. The molecule has 1 fully saturated rings. The van der Waals surface area contributed by atoms with Crippen molar-refractivity contribution in [3.8, 4) is 0 Å². The minimum Gasteiger partial charge on any atom is -0.341 e. The molecule has 110 valence electrons. The van der Waals surface area contributed by atoms with E-state index >= 15 is 0 Å². The van der Waals surface area contributed by atoms with Gasteiger partial charge in [-0.25, -0.2) is 4.98 Å². The molecule has 0 saturated carbocycles. The quantitative estimate of drug-likeness (QED) is 0.805. The molecule has 1 aromatic rings. The largest absolute Gasteiger partial charge is 0.341 e. The average Bonchev–Trinajstić information content (AvgIpc) is 2.43. The molecule has 0 unspecified atom stereocenters. The van der Waals surface area contributed by atoms with Crippen LogP contribution in [0.25, 0.3) is 0 Å². The highest BCUT2D eigenvalue weighted by Gasteiger charge is 2.21. The van der Waals surface area contributed by atoms with E-state index in [0.29, 0.717) is 16.5 Å². The first kappa shape index (κ1) is 15.5. The van der Waals surface area contributed by atoms with E-state index in [0.717, 1.165) is 32.5 Å². The molecule has 0 N–H and O–H groups in total. The summed E-state index contributed by atoms with van der Waals surface area (Å²) in [4.78, 5) is 20.3. The average molecular weight is 316 g/mol. The van der Waals surface area contributed by atoms with Crippen LogP contribution in [0.1, 0.15) is 23.2 Å². The second kappa shape index (κ2) is 6.74. The lowest BCUT2D eigenvalue weighted by Gasteiger charge is -2.31. The third-order valence-electron chi connectivity index (χ3n) is 3.76. The molecule has 0 atom stereocenters. The van der Waals surface area contributed by atoms with Crippen molar-refractivity contribution in [1.29, 1.82) is 0 Å². The summed E-state index contributed by atoms with van der Waals surface area (Å²) >= 11 is 11.7. The van der Waals surface area contributed by atoms with Crippen LogP contribution in [0, 0.1) is 5.92 Å². The number of aromatic nitrogens is 1. The van der Waals surface area contributed by atoms with Crippen molar-refractivity contribution in [3.05, 3.63) is 28.0 Å². The minimum atomic E-state index is -0.0602. The van der Waals surface area contributed by atoms with Crippen LogP contribution in [-0.4, -0.2) is 54.4 Å². The molecule has 2 heterocycles. The van der Waals surface area contributed by atoms with Gasteiger partial charge in [-0.15, -0.1) is 0 Å². The van der Waals surface area contributed by atoms with Crippen LogP contribution in [-0.2, 0) is 0 Å². The number of carbonyl (C=O) groups is 1. The maximum absolute atomic E-state index is 12.3. The van der Waals surface area contributed by atoms with Crippen molar-refractivity contribution in [2.75, 3.05) is 33.7 Å². The lowest BCUT2D eigenvalue weighted by atomic mass is 9.96. The van der Waals surface area contributed by atoms with Gasteiger partial charge in [-0.1, -0.05) is 23.2 Å². The Hall–Kier alpha value is -0.840. The van der Waals surface area contributed by atoms with Crippen LogP contribution in [0.3, 0.4) is 0 Å². The van der Waals surface area contributed by atoms with Crippen LogP contribution in [0.15, 0.2) is 12.3 Å². The number of halogens is 2. The number of likely N-dealkylation sites (tertiary alicyclic amines) is 1. The first-order valence-corrected chi connectivity index (χ1v) is 7.48. The number of nitrogens with zero attached hydrogens (tertiary/aromatic N) is 3. The molecule has 0 aliphatic carbocycles. The highest BCUT2D eigenvalue weighted by atomic mass is 35.5. The number of amides is 1. The molecule has 6 heteroatoms. The van der Waals surface area contributed by atoms with Gasteiger partial charge < -0.3 is 9.80 Å². The third kappa shape index (κ3) is 3.84. The molecule has 4 nitrogen and oxygen atoms in total. The number of hydrogen-bond acceptors (Lipinski definition) is 3. The number of rotatable bonds is 3. The molecule has 20 heavy (non-hydrogen) atoms. The molecule has 1 aliphatic heterocycles. The number of piperidine rings is 1. The number of hydrogen-bond donors (Lipinski definition) is 0. The van der Waals surface area contributed by atoms with E-state index in [2.05, 4.69) is 16.9 Å². The predicted octanol–water partition coefficient (Wildman–Crippen LogP) is 2.80. The van der Waals surface area contributed by atoms with Crippen molar-refractivity contribution in [2.45, 2.75) is 12.8 Å². The predicted molar refractivity (Wildman–Crippen MR) is 81.4 cm³/mol. The summed E-state index contributed by atoms with van der Waals surface area (Å²) in [7, 11) is 3.95. The zero-order valence-electron chi connectivity index (χ0n) is 11.8. The van der Waals surface area contributed by atoms with Gasteiger partial charge in [0.1, 0.15) is 5.15 Å². The Balaban J connectivity index is 1.96. The lowest BCUT2D eigenvalue weighted by Crippen LogP contribution is -2.38. The molecule has 1 aliphatic rings. The molecule has 1 saturated heterocycles. The fourth-order valence-corrected chi connectivity index (χ4v) is 2.74. The van der Waals surface area contributed by atoms with Crippen LogP contribution in [0.5, 0.6) is 0 Å². The van der Waals surface area contributed by atoms with E-state index in [1.54, 1.807) is 11.0 Å². The molecule has 1 amide bonds. The van der Waals surface area contributed by atoms with Crippen molar-refractivity contribution in [2.24, 2.45) is 5.92 Å². The summed E-state index contributed by atoms with van der Waals surface area (Å²) in [6.07, 6.45) is 3.74. The summed E-state index contributed by atoms with van der Waals surface area (Å²) < 4.78 is 0. The Morgan fingerprint density at radius 1 is 1.45 bits per heavy atom. The Morgan fingerprint density at radius 3 is 2.70 bits per heavy atom. The first-order valence-electron chi connectivity index (χ1n) is 6.72. The van der Waals surface area contributed by atoms with Gasteiger partial charge in [-0.2, -0.15) is 0 Å². The third-order valence-corrected chi connectivity index (χ3v) is 4.45. The van der Waals surface area contributed by atoms with Crippen LogP contribution < -0.4 is 0 Å². The van der Waals surface area contributed by atoms with Crippen LogP contribution >= 0.6 is 23.2 Å². The summed E-state index contributed by atoms with van der Waals surface area (Å²) in [6, 6.07) is 1.57. The topological polar surface area (TPSA) is 36.4 Å². The van der Waals surface area contributed by atoms with Gasteiger partial charge in [0, 0.05) is 19.8 Å². The normalized spacial score (nSPS) is 17.2. The molecular weight excluding hydrogens is 297 g/mol. The Kier molecular flexibility index (Phi) is 5.24. The summed E-state index contributed by atoms with van der Waals surface area (Å²) in [5.74, 6) is 0.505. The molecule has 1 aromatic heterocycles. The maximum Gasteiger partial charge on any atom is 0.255 e. The zero-order chi connectivity index (χ0) is 14.7. The smallest absolute Gasteiger partial charge is 0.255 e. The highest BCUT2D eigenvalue weighted by molar-refractivity contribution is 6.41. The standard InChI is InChI=1S/C14H19Cl2N3O/c1-18-5-3-10(4-6-18)9-19(2)14(20)11-7-12(15)13(16)17-8-11/h7-8,10H,3-6,9H2,1-2H3. The van der Waals surface area contributed by atoms with Crippen molar-refractivity contribution >= 4 is 29.1 Å². The van der Waals surface area contributed by atoms with Crippen molar-refractivity contribution in [1.82, 2.24) is 14.8 Å². The SMILES string of the molecule is CN1CCC(CN(C)C(=O)c2cnc(Cl)c(Cl)c2)CC1. The molecular formula is C14H19Cl2N3O. The van der Waals surface area contributed by atoms with Gasteiger partial charge in [0.05, 0.1) is 10.6 Å². The molecule has 0 aromatic carbocycles. The molecule has 0 bridgehead atoms. The van der Waals surface area contributed by atoms with Crippen molar-refractivity contribution in [3.63, 3.8) is 0 Å². The summed E-state index contributed by atoms with van der Waals surface area (Å²) in [6.45, 7) is 2.97. The fourth-order valence-electron chi connectivity index (χ4n) is 2.47. The second-order valence-corrected chi connectivity index (χ2v) is 6.19. The van der Waals surface area contributed by atoms with E-state index in [-0.39, 0.29) is 11.1 Å². The van der Waals surface area contributed by atoms with Crippen LogP contribution in [0.4, 0.5) is 0 Å². The molecule has 0 spiro atoms. The zero-order valence-corrected chi connectivity index (χ0v) is 13.3. The summed E-state index contributed by atoms with van der Waals surface area (Å²) in [5, 5.41) is 0.534. The van der Waals surface area contributed by atoms with E-state index < -0.39 is 0 Å². The summed E-state index contributed by atoms with van der Waals surface area (Å²) in [5.41, 5.74) is 0.481. The van der Waals surface area contributed by atoms with E-state index in [1.807, 2.05) is 7.05 Å².